The molecule has 4 rings (SSSR count). The highest BCUT2D eigenvalue weighted by atomic mass is 16.5. The summed E-state index contributed by atoms with van der Waals surface area (Å²) in [5.41, 5.74) is 2.74. The molecule has 0 amide bonds. The fraction of sp³-hybridized carbons (Fsp3) is 0.600. The van der Waals surface area contributed by atoms with E-state index in [0.717, 1.165) is 32.1 Å². The second-order valence-corrected chi connectivity index (χ2v) is 5.58. The molecule has 4 nitrogen and oxygen atoms in total. The van der Waals surface area contributed by atoms with E-state index in [1.165, 1.54) is 17.5 Å². The molecule has 3 atom stereocenters. The lowest BCUT2D eigenvalue weighted by Gasteiger charge is -2.47. The van der Waals surface area contributed by atoms with Gasteiger partial charge < -0.3 is 14.8 Å². The Morgan fingerprint density at radius 1 is 1.42 bits per heavy atom. The Hall–Kier alpha value is -1.10. The summed E-state index contributed by atoms with van der Waals surface area (Å²) in [6.45, 7) is 3.78. The molecule has 3 aliphatic rings. The van der Waals surface area contributed by atoms with Crippen LogP contribution in [0.25, 0.3) is 0 Å². The minimum absolute atomic E-state index is 0.362. The number of fused-ring (bicyclic) bond motifs is 6. The van der Waals surface area contributed by atoms with Gasteiger partial charge in [-0.05, 0) is 24.6 Å². The van der Waals surface area contributed by atoms with Crippen LogP contribution in [0.4, 0.5) is 0 Å². The van der Waals surface area contributed by atoms with Crippen LogP contribution >= 0.6 is 0 Å². The summed E-state index contributed by atoms with van der Waals surface area (Å²) >= 11 is 0. The molecule has 3 aliphatic heterocycles. The molecular weight excluding hydrogens is 240 g/mol. The predicted octanol–water partition coefficient (Wildman–Crippen LogP) is 1.49. The number of nitrogens with one attached hydrogen (secondary N) is 1. The van der Waals surface area contributed by atoms with Crippen LogP contribution in [0.2, 0.25) is 0 Å². The van der Waals surface area contributed by atoms with E-state index in [9.17, 15) is 0 Å². The molecule has 0 aliphatic carbocycles. The number of benzene rings is 1. The summed E-state index contributed by atoms with van der Waals surface area (Å²) in [6.07, 6.45) is 1.23. The SMILES string of the molecule is COc1cccc2c1C1COCCN1[C@@H]1CCN[C@H]21. The van der Waals surface area contributed by atoms with Crippen LogP contribution in [-0.2, 0) is 4.74 Å². The fourth-order valence-corrected chi connectivity index (χ4v) is 3.99. The summed E-state index contributed by atoms with van der Waals surface area (Å²) in [5, 5.41) is 3.66. The first kappa shape index (κ1) is 11.7. The van der Waals surface area contributed by atoms with E-state index in [4.69, 9.17) is 9.47 Å². The molecule has 2 fully saturated rings. The van der Waals surface area contributed by atoms with Gasteiger partial charge in [-0.25, -0.2) is 0 Å². The number of hydrogen-bond acceptors (Lipinski definition) is 4. The van der Waals surface area contributed by atoms with E-state index in [-0.39, 0.29) is 0 Å². The number of ether oxygens (including phenoxy) is 2. The first-order valence-electron chi connectivity index (χ1n) is 7.14. The van der Waals surface area contributed by atoms with Crippen molar-refractivity contribution in [1.29, 1.82) is 0 Å². The zero-order valence-electron chi connectivity index (χ0n) is 11.3. The molecule has 1 unspecified atom stereocenters. The monoisotopic (exact) mass is 260 g/mol. The van der Waals surface area contributed by atoms with E-state index in [1.54, 1.807) is 7.11 Å². The molecule has 0 saturated carbocycles. The van der Waals surface area contributed by atoms with E-state index in [1.807, 2.05) is 0 Å². The Morgan fingerprint density at radius 3 is 3.26 bits per heavy atom. The Labute approximate surface area is 113 Å². The largest absolute Gasteiger partial charge is 0.496 e. The van der Waals surface area contributed by atoms with Crippen molar-refractivity contribution < 1.29 is 9.47 Å². The normalized spacial score (nSPS) is 33.4. The van der Waals surface area contributed by atoms with Crippen LogP contribution in [0.15, 0.2) is 18.2 Å². The highest BCUT2D eigenvalue weighted by Gasteiger charge is 2.45. The zero-order chi connectivity index (χ0) is 12.8. The molecule has 1 aromatic carbocycles. The van der Waals surface area contributed by atoms with Gasteiger partial charge in [0.1, 0.15) is 5.75 Å². The standard InChI is InChI=1S/C15H20N2O2/c1-18-13-4-2-3-10-14(13)12-9-19-8-7-17(12)11-5-6-16-15(10)11/h2-4,11-12,15-16H,5-9H2,1H3/t11-,12?,15-/m1/s1. The van der Waals surface area contributed by atoms with Crippen molar-refractivity contribution >= 4 is 0 Å². The van der Waals surface area contributed by atoms with Gasteiger partial charge in [0.05, 0.1) is 26.4 Å². The van der Waals surface area contributed by atoms with Crippen molar-refractivity contribution in [3.8, 4) is 5.75 Å². The zero-order valence-corrected chi connectivity index (χ0v) is 11.3. The van der Waals surface area contributed by atoms with Gasteiger partial charge in [0.15, 0.2) is 0 Å². The van der Waals surface area contributed by atoms with E-state index in [0.29, 0.717) is 18.1 Å². The van der Waals surface area contributed by atoms with Crippen molar-refractivity contribution in [3.63, 3.8) is 0 Å². The first-order valence-corrected chi connectivity index (χ1v) is 7.14. The quantitative estimate of drug-likeness (QED) is 0.829. The molecule has 2 saturated heterocycles. The Kier molecular flexibility index (Phi) is 2.76. The Bertz CT molecular complexity index is 491. The van der Waals surface area contributed by atoms with Crippen molar-refractivity contribution in [3.05, 3.63) is 29.3 Å². The molecule has 102 valence electrons. The average molecular weight is 260 g/mol. The number of rotatable bonds is 1. The molecule has 0 aromatic heterocycles. The van der Waals surface area contributed by atoms with E-state index in [2.05, 4.69) is 28.4 Å². The third-order valence-corrected chi connectivity index (χ3v) is 4.77. The van der Waals surface area contributed by atoms with Crippen molar-refractivity contribution in [2.24, 2.45) is 0 Å². The van der Waals surface area contributed by atoms with E-state index >= 15 is 0 Å². The fourth-order valence-electron chi connectivity index (χ4n) is 3.99. The number of morpholine rings is 1. The number of hydrogen-bond donors (Lipinski definition) is 1. The summed E-state index contributed by atoms with van der Waals surface area (Å²) < 4.78 is 11.3. The maximum absolute atomic E-state index is 5.73. The van der Waals surface area contributed by atoms with Crippen molar-refractivity contribution in [1.82, 2.24) is 10.2 Å². The van der Waals surface area contributed by atoms with Gasteiger partial charge in [0.25, 0.3) is 0 Å². The van der Waals surface area contributed by atoms with Gasteiger partial charge in [-0.2, -0.15) is 0 Å². The maximum atomic E-state index is 5.73. The lowest BCUT2D eigenvalue weighted by Crippen LogP contribution is -2.51. The molecule has 19 heavy (non-hydrogen) atoms. The molecule has 0 spiro atoms. The molecular formula is C15H20N2O2. The second-order valence-electron chi connectivity index (χ2n) is 5.58. The highest BCUT2D eigenvalue weighted by Crippen LogP contribution is 2.46. The molecule has 1 N–H and O–H groups in total. The third kappa shape index (κ3) is 1.64. The topological polar surface area (TPSA) is 33.7 Å². The van der Waals surface area contributed by atoms with Crippen LogP contribution < -0.4 is 10.1 Å². The summed E-state index contributed by atoms with van der Waals surface area (Å²) in [7, 11) is 1.76. The summed E-state index contributed by atoms with van der Waals surface area (Å²) in [5.74, 6) is 1.00. The van der Waals surface area contributed by atoms with Crippen molar-refractivity contribution in [2.45, 2.75) is 24.5 Å². The summed E-state index contributed by atoms with van der Waals surface area (Å²) in [4.78, 5) is 2.62. The first-order chi connectivity index (χ1) is 9.40. The molecule has 0 radical (unpaired) electrons. The van der Waals surface area contributed by atoms with Gasteiger partial charge >= 0.3 is 0 Å². The smallest absolute Gasteiger partial charge is 0.124 e. The van der Waals surface area contributed by atoms with Crippen LogP contribution in [0.5, 0.6) is 5.75 Å². The lowest BCUT2D eigenvalue weighted by atomic mass is 9.84. The maximum Gasteiger partial charge on any atom is 0.124 e. The molecule has 1 aromatic rings. The molecule has 4 heteroatoms. The Morgan fingerprint density at radius 2 is 2.37 bits per heavy atom. The third-order valence-electron chi connectivity index (χ3n) is 4.77. The van der Waals surface area contributed by atoms with Gasteiger partial charge in [-0.3, -0.25) is 4.90 Å². The van der Waals surface area contributed by atoms with Gasteiger partial charge in [-0.15, -0.1) is 0 Å². The van der Waals surface area contributed by atoms with Crippen LogP contribution in [0.3, 0.4) is 0 Å². The van der Waals surface area contributed by atoms with Crippen molar-refractivity contribution in [2.75, 3.05) is 33.4 Å². The number of methoxy groups -OCH3 is 1. The summed E-state index contributed by atoms with van der Waals surface area (Å²) in [6, 6.07) is 7.86. The average Bonchev–Trinajstić information content (AvgIpc) is 2.96. The highest BCUT2D eigenvalue weighted by molar-refractivity contribution is 5.47. The second kappa shape index (κ2) is 4.47. The lowest BCUT2D eigenvalue weighted by molar-refractivity contribution is -0.0410. The van der Waals surface area contributed by atoms with Gasteiger partial charge in [-0.1, -0.05) is 12.1 Å². The predicted molar refractivity (Wildman–Crippen MR) is 72.4 cm³/mol. The molecule has 3 heterocycles. The van der Waals surface area contributed by atoms with Gasteiger partial charge in [0.2, 0.25) is 0 Å². The minimum atomic E-state index is 0.362. The van der Waals surface area contributed by atoms with Crippen LogP contribution in [-0.4, -0.2) is 44.4 Å². The Balaban J connectivity index is 1.87. The minimum Gasteiger partial charge on any atom is -0.496 e. The van der Waals surface area contributed by atoms with Crippen LogP contribution in [0, 0.1) is 0 Å². The van der Waals surface area contributed by atoms with Crippen LogP contribution in [0.1, 0.15) is 29.6 Å². The van der Waals surface area contributed by atoms with Gasteiger partial charge in [0, 0.05) is 24.2 Å². The number of nitrogens with zero attached hydrogens (tertiary/aromatic N) is 1. The van der Waals surface area contributed by atoms with E-state index < -0.39 is 0 Å². The molecule has 0 bridgehead atoms.